The molecule has 0 aliphatic heterocycles. The minimum absolute atomic E-state index is 0.767. The van der Waals surface area contributed by atoms with Crippen molar-refractivity contribution in [2.24, 2.45) is 29.6 Å². The van der Waals surface area contributed by atoms with Gasteiger partial charge >= 0.3 is 0 Å². The van der Waals surface area contributed by atoms with Crippen LogP contribution in [0.5, 0.6) is 0 Å². The van der Waals surface area contributed by atoms with E-state index in [1.165, 1.54) is 32.1 Å². The minimum Gasteiger partial charge on any atom is -0.503 e. The number of allylic oxidation sites excluding steroid dienone is 1. The molecule has 4 aliphatic carbocycles. The summed E-state index contributed by atoms with van der Waals surface area (Å²) in [7, 11) is 1.63. The van der Waals surface area contributed by atoms with Crippen LogP contribution in [0.1, 0.15) is 38.5 Å². The van der Waals surface area contributed by atoms with Crippen LogP contribution < -0.4 is 0 Å². The highest BCUT2D eigenvalue weighted by Gasteiger charge is 2.47. The van der Waals surface area contributed by atoms with Crippen LogP contribution in [-0.2, 0) is 4.74 Å². The third kappa shape index (κ3) is 1.97. The lowest BCUT2D eigenvalue weighted by Crippen LogP contribution is -2.45. The molecule has 4 aliphatic rings. The molecule has 0 heterocycles. The van der Waals surface area contributed by atoms with Crippen LogP contribution in [0.4, 0.5) is 0 Å². The summed E-state index contributed by atoms with van der Waals surface area (Å²) in [6.07, 6.45) is 9.84. The zero-order valence-corrected chi connectivity index (χ0v) is 10.6. The Morgan fingerprint density at radius 3 is 2.24 bits per heavy atom. The second-order valence-corrected chi connectivity index (χ2v) is 6.29. The van der Waals surface area contributed by atoms with E-state index in [0.29, 0.717) is 0 Å². The molecule has 4 saturated carbocycles. The zero-order valence-electron chi connectivity index (χ0n) is 10.6. The first kappa shape index (κ1) is 11.1. The summed E-state index contributed by atoms with van der Waals surface area (Å²) < 4.78 is 5.00. The number of hydrogen-bond donors (Lipinski definition) is 0. The number of hydrogen-bond acceptors (Lipinski definition) is 2. The summed E-state index contributed by atoms with van der Waals surface area (Å²) in [6.45, 7) is 0. The van der Waals surface area contributed by atoms with E-state index in [4.69, 9.17) is 10.00 Å². The van der Waals surface area contributed by atoms with Crippen LogP contribution >= 0.6 is 0 Å². The van der Waals surface area contributed by atoms with Gasteiger partial charge in [0.15, 0.2) is 0 Å². The lowest BCUT2D eigenvalue weighted by Gasteiger charge is -2.54. The Balaban J connectivity index is 1.72. The van der Waals surface area contributed by atoms with Crippen LogP contribution in [0.15, 0.2) is 11.8 Å². The predicted molar refractivity (Wildman–Crippen MR) is 65.9 cm³/mol. The Bertz CT molecular complexity index is 338. The van der Waals surface area contributed by atoms with Gasteiger partial charge in [-0.15, -0.1) is 0 Å². The molecule has 2 nitrogen and oxygen atoms in total. The Labute approximate surface area is 104 Å². The fraction of sp³-hybridized carbons (Fsp3) is 0.800. The van der Waals surface area contributed by atoms with E-state index in [0.717, 1.165) is 41.6 Å². The molecule has 0 saturated heterocycles. The molecular weight excluding hydrogens is 210 g/mol. The SMILES string of the molecule is CO/C=C(\C#N)CC1C2CC3CC(C2)CC1C3. The van der Waals surface area contributed by atoms with Gasteiger partial charge in [0.25, 0.3) is 0 Å². The summed E-state index contributed by atoms with van der Waals surface area (Å²) in [6, 6.07) is 2.30. The van der Waals surface area contributed by atoms with Crippen LogP contribution in [0.3, 0.4) is 0 Å². The molecule has 17 heavy (non-hydrogen) atoms. The quantitative estimate of drug-likeness (QED) is 0.550. The highest BCUT2D eigenvalue weighted by Crippen LogP contribution is 2.57. The fourth-order valence-electron chi connectivity index (χ4n) is 4.89. The monoisotopic (exact) mass is 231 g/mol. The number of methoxy groups -OCH3 is 1. The lowest BCUT2D eigenvalue weighted by molar-refractivity contribution is -0.0357. The van der Waals surface area contributed by atoms with Crippen molar-refractivity contribution in [2.75, 3.05) is 7.11 Å². The molecule has 2 heteroatoms. The lowest BCUT2D eigenvalue weighted by atomic mass is 9.51. The topological polar surface area (TPSA) is 33.0 Å². The van der Waals surface area contributed by atoms with Gasteiger partial charge in [0, 0.05) is 0 Å². The second kappa shape index (κ2) is 4.37. The van der Waals surface area contributed by atoms with E-state index < -0.39 is 0 Å². The fourth-order valence-corrected chi connectivity index (χ4v) is 4.89. The Morgan fingerprint density at radius 2 is 1.76 bits per heavy atom. The number of nitrogens with zero attached hydrogens (tertiary/aromatic N) is 1. The van der Waals surface area contributed by atoms with Crippen molar-refractivity contribution >= 4 is 0 Å². The summed E-state index contributed by atoms with van der Waals surface area (Å²) in [5.74, 6) is 4.61. The molecule has 0 aromatic carbocycles. The second-order valence-electron chi connectivity index (χ2n) is 6.29. The standard InChI is InChI=1S/C15H21NO/c1-17-9-12(8-16)7-15-13-3-10-2-11(5-13)6-14(15)4-10/h9-11,13-15H,2-7H2,1H3/b12-9-. The van der Waals surface area contributed by atoms with Gasteiger partial charge in [-0.1, -0.05) is 0 Å². The Morgan fingerprint density at radius 1 is 1.18 bits per heavy atom. The third-order valence-corrected chi connectivity index (χ3v) is 5.28. The summed E-state index contributed by atoms with van der Waals surface area (Å²) in [5, 5.41) is 9.11. The Kier molecular flexibility index (Phi) is 2.86. The van der Waals surface area contributed by atoms with Crippen molar-refractivity contribution in [1.82, 2.24) is 0 Å². The summed E-state index contributed by atoms with van der Waals surface area (Å²) in [4.78, 5) is 0. The van der Waals surface area contributed by atoms with E-state index >= 15 is 0 Å². The molecule has 92 valence electrons. The Hall–Kier alpha value is -0.970. The van der Waals surface area contributed by atoms with Crippen molar-refractivity contribution in [2.45, 2.75) is 38.5 Å². The first-order chi connectivity index (χ1) is 8.30. The molecule has 0 unspecified atom stereocenters. The normalized spacial score (nSPS) is 43.5. The van der Waals surface area contributed by atoms with Crippen LogP contribution in [0.25, 0.3) is 0 Å². The van der Waals surface area contributed by atoms with Gasteiger partial charge in [0.05, 0.1) is 25.0 Å². The van der Waals surface area contributed by atoms with E-state index in [1.807, 2.05) is 0 Å². The zero-order chi connectivity index (χ0) is 11.8. The molecule has 0 radical (unpaired) electrons. The van der Waals surface area contributed by atoms with Crippen LogP contribution in [0, 0.1) is 40.9 Å². The van der Waals surface area contributed by atoms with Gasteiger partial charge < -0.3 is 4.74 Å². The van der Waals surface area contributed by atoms with Crippen LogP contribution in [-0.4, -0.2) is 7.11 Å². The minimum atomic E-state index is 0.767. The third-order valence-electron chi connectivity index (χ3n) is 5.28. The smallest absolute Gasteiger partial charge is 0.0979 e. The van der Waals surface area contributed by atoms with Gasteiger partial charge in [0.2, 0.25) is 0 Å². The number of ether oxygens (including phenoxy) is 1. The highest BCUT2D eigenvalue weighted by atomic mass is 16.5. The van der Waals surface area contributed by atoms with Gasteiger partial charge in [-0.2, -0.15) is 5.26 Å². The van der Waals surface area contributed by atoms with Crippen molar-refractivity contribution in [1.29, 1.82) is 5.26 Å². The highest BCUT2D eigenvalue weighted by molar-refractivity contribution is 5.20. The maximum atomic E-state index is 9.11. The molecule has 0 amide bonds. The van der Waals surface area contributed by atoms with Crippen molar-refractivity contribution < 1.29 is 4.74 Å². The molecule has 0 N–H and O–H groups in total. The van der Waals surface area contributed by atoms with Gasteiger partial charge in [-0.3, -0.25) is 0 Å². The first-order valence-corrected chi connectivity index (χ1v) is 6.92. The molecule has 0 atom stereocenters. The molecular formula is C15H21NO. The molecule has 0 aromatic heterocycles. The predicted octanol–water partition coefficient (Wildman–Crippen LogP) is 3.50. The molecule has 4 fully saturated rings. The average Bonchev–Trinajstić information content (AvgIpc) is 2.31. The number of nitriles is 1. The van der Waals surface area contributed by atoms with Crippen molar-refractivity contribution in [3.63, 3.8) is 0 Å². The molecule has 4 bridgehead atoms. The average molecular weight is 231 g/mol. The first-order valence-electron chi connectivity index (χ1n) is 6.92. The van der Waals surface area contributed by atoms with Gasteiger partial charge in [-0.25, -0.2) is 0 Å². The maximum absolute atomic E-state index is 9.11. The van der Waals surface area contributed by atoms with E-state index in [1.54, 1.807) is 13.4 Å². The maximum Gasteiger partial charge on any atom is 0.0979 e. The summed E-state index contributed by atoms with van der Waals surface area (Å²) in [5.41, 5.74) is 0.838. The van der Waals surface area contributed by atoms with E-state index in [-0.39, 0.29) is 0 Å². The number of rotatable bonds is 3. The molecule has 0 spiro atoms. The summed E-state index contributed by atoms with van der Waals surface area (Å²) >= 11 is 0. The van der Waals surface area contributed by atoms with E-state index in [2.05, 4.69) is 6.07 Å². The molecule has 0 aromatic rings. The largest absolute Gasteiger partial charge is 0.503 e. The van der Waals surface area contributed by atoms with Gasteiger partial charge in [0.1, 0.15) is 0 Å². The van der Waals surface area contributed by atoms with Crippen molar-refractivity contribution in [3.05, 3.63) is 11.8 Å². The van der Waals surface area contributed by atoms with Crippen molar-refractivity contribution in [3.8, 4) is 6.07 Å². The van der Waals surface area contributed by atoms with E-state index in [9.17, 15) is 0 Å². The molecule has 4 rings (SSSR count). The van der Waals surface area contributed by atoms with Gasteiger partial charge in [-0.05, 0) is 68.1 Å². The van der Waals surface area contributed by atoms with Crippen LogP contribution in [0.2, 0.25) is 0 Å².